The first kappa shape index (κ1) is 15.1. The molecule has 16 heavy (non-hydrogen) atoms. The van der Waals surface area contributed by atoms with Crippen LogP contribution in [0.15, 0.2) is 24.3 Å². The predicted octanol–water partition coefficient (Wildman–Crippen LogP) is 1.06. The number of carbonyl (C=O) groups is 1. The van der Waals surface area contributed by atoms with Gasteiger partial charge >= 0.3 is 0 Å². The summed E-state index contributed by atoms with van der Waals surface area (Å²) in [5.41, 5.74) is 5.69. The van der Waals surface area contributed by atoms with E-state index in [-0.39, 0.29) is 12.4 Å². The second-order valence-electron chi connectivity index (χ2n) is 3.42. The van der Waals surface area contributed by atoms with Crippen LogP contribution in [0.2, 0.25) is 0 Å². The quantitative estimate of drug-likeness (QED) is 0.615. The summed E-state index contributed by atoms with van der Waals surface area (Å²) in [7, 11) is 1.42. The number of hydrogen-bond donors (Lipinski definition) is 2. The number of carbonyl (C=O) groups excluding carboxylic acids is 1. The molecule has 0 saturated carbocycles. The van der Waals surface area contributed by atoms with Gasteiger partial charge < -0.3 is 9.84 Å². The van der Waals surface area contributed by atoms with E-state index < -0.39 is 11.8 Å². The molecule has 0 unspecified atom stereocenters. The molecule has 0 aliphatic rings. The van der Waals surface area contributed by atoms with E-state index in [1.807, 2.05) is 0 Å². The number of methoxy groups -OCH3 is 1. The minimum atomic E-state index is -1.28. The lowest BCUT2D eigenvalue weighted by Gasteiger charge is -2.31. The average Bonchev–Trinajstić information content (AvgIpc) is 2.27. The molecule has 90 valence electrons. The molecule has 5 heteroatoms. The van der Waals surface area contributed by atoms with Crippen molar-refractivity contribution in [1.29, 1.82) is 0 Å². The van der Waals surface area contributed by atoms with Gasteiger partial charge in [-0.15, -0.1) is 12.4 Å². The van der Waals surface area contributed by atoms with E-state index in [4.69, 9.17) is 10.5 Å². The Morgan fingerprint density at radius 3 is 2.62 bits per heavy atom. The fourth-order valence-corrected chi connectivity index (χ4v) is 1.38. The van der Waals surface area contributed by atoms with E-state index in [0.29, 0.717) is 11.1 Å². The molecule has 0 saturated heterocycles. The van der Waals surface area contributed by atoms with Gasteiger partial charge in [-0.1, -0.05) is 18.2 Å². The van der Waals surface area contributed by atoms with Crippen molar-refractivity contribution in [1.82, 2.24) is 0 Å². The van der Waals surface area contributed by atoms with Gasteiger partial charge in [-0.25, -0.2) is 0 Å². The molecule has 1 aromatic carbocycles. The Morgan fingerprint density at radius 1 is 1.56 bits per heavy atom. The highest BCUT2D eigenvalue weighted by Gasteiger charge is 2.32. The molecule has 0 aromatic heterocycles. The monoisotopic (exact) mass is 245 g/mol. The van der Waals surface area contributed by atoms with Gasteiger partial charge in [0.05, 0.1) is 6.10 Å². The third-order valence-corrected chi connectivity index (χ3v) is 2.43. The fraction of sp³-hybridized carbons (Fsp3) is 0.364. The molecule has 1 aromatic rings. The van der Waals surface area contributed by atoms with Crippen LogP contribution < -0.4 is 5.73 Å². The smallest absolute Gasteiger partial charge is 0.168 e. The molecule has 0 radical (unpaired) electrons. The highest BCUT2D eigenvalue weighted by molar-refractivity contribution is 5.85. The number of hydrogen-bond acceptors (Lipinski definition) is 4. The minimum absolute atomic E-state index is 0. The molecule has 0 heterocycles. The summed E-state index contributed by atoms with van der Waals surface area (Å²) >= 11 is 0. The zero-order valence-corrected chi connectivity index (χ0v) is 10.0. The lowest BCUT2D eigenvalue weighted by atomic mass is 9.97. The number of aldehydes is 1. The summed E-state index contributed by atoms with van der Waals surface area (Å²) in [6.45, 7) is 1.54. The summed E-state index contributed by atoms with van der Waals surface area (Å²) in [6, 6.07) is 6.67. The standard InChI is InChI=1S/C11H15NO3.ClH/c1-8(14)11(12,15-2)10-5-3-4-9(6-10)7-13;/h3-8,14H,12H2,1-2H3;1H/t8-,11+;/m1./s1. The highest BCUT2D eigenvalue weighted by Crippen LogP contribution is 2.23. The normalized spacial score (nSPS) is 15.8. The van der Waals surface area contributed by atoms with Crippen LogP contribution in [0, 0.1) is 0 Å². The van der Waals surface area contributed by atoms with Crippen molar-refractivity contribution in [2.75, 3.05) is 7.11 Å². The van der Waals surface area contributed by atoms with Gasteiger partial charge in [0.15, 0.2) is 5.72 Å². The van der Waals surface area contributed by atoms with E-state index >= 15 is 0 Å². The zero-order valence-electron chi connectivity index (χ0n) is 9.21. The summed E-state index contributed by atoms with van der Waals surface area (Å²) < 4.78 is 5.10. The van der Waals surface area contributed by atoms with Gasteiger partial charge in [0, 0.05) is 18.2 Å². The number of benzene rings is 1. The van der Waals surface area contributed by atoms with E-state index in [1.165, 1.54) is 14.0 Å². The Bertz CT molecular complexity index is 357. The average molecular weight is 246 g/mol. The third kappa shape index (κ3) is 2.80. The number of aliphatic hydroxyl groups excluding tert-OH is 1. The second-order valence-corrected chi connectivity index (χ2v) is 3.42. The predicted molar refractivity (Wildman–Crippen MR) is 63.6 cm³/mol. The Balaban J connectivity index is 0.00000225. The van der Waals surface area contributed by atoms with Crippen molar-refractivity contribution >= 4 is 18.7 Å². The Labute approximate surface area is 101 Å². The van der Waals surface area contributed by atoms with Gasteiger partial charge in [-0.3, -0.25) is 10.5 Å². The largest absolute Gasteiger partial charge is 0.389 e. The van der Waals surface area contributed by atoms with Crippen LogP contribution in [0.1, 0.15) is 22.8 Å². The van der Waals surface area contributed by atoms with E-state index in [1.54, 1.807) is 24.3 Å². The summed E-state index contributed by atoms with van der Waals surface area (Å²) in [4.78, 5) is 10.6. The van der Waals surface area contributed by atoms with E-state index in [2.05, 4.69) is 0 Å². The molecule has 0 amide bonds. The highest BCUT2D eigenvalue weighted by atomic mass is 35.5. The molecule has 0 fully saturated rings. The maximum atomic E-state index is 10.6. The summed E-state index contributed by atoms with van der Waals surface area (Å²) in [5.74, 6) is 0. The molecular formula is C11H16ClNO3. The van der Waals surface area contributed by atoms with Crippen molar-refractivity contribution in [3.05, 3.63) is 35.4 Å². The van der Waals surface area contributed by atoms with Crippen LogP contribution in [0.5, 0.6) is 0 Å². The fourth-order valence-electron chi connectivity index (χ4n) is 1.38. The second kappa shape index (κ2) is 5.96. The maximum absolute atomic E-state index is 10.6. The van der Waals surface area contributed by atoms with Crippen molar-refractivity contribution in [3.63, 3.8) is 0 Å². The molecule has 0 bridgehead atoms. The molecule has 4 nitrogen and oxygen atoms in total. The lowest BCUT2D eigenvalue weighted by molar-refractivity contribution is -0.0970. The molecule has 2 atom stereocenters. The molecule has 0 aliphatic heterocycles. The van der Waals surface area contributed by atoms with Crippen LogP contribution >= 0.6 is 12.4 Å². The van der Waals surface area contributed by atoms with Crippen molar-refractivity contribution in [3.8, 4) is 0 Å². The van der Waals surface area contributed by atoms with Crippen LogP contribution in [0.4, 0.5) is 0 Å². The number of rotatable bonds is 4. The van der Waals surface area contributed by atoms with Gasteiger partial charge in [-0.05, 0) is 13.0 Å². The van der Waals surface area contributed by atoms with Crippen LogP contribution in [0.3, 0.4) is 0 Å². The van der Waals surface area contributed by atoms with Crippen LogP contribution in [-0.2, 0) is 10.5 Å². The van der Waals surface area contributed by atoms with Gasteiger partial charge in [-0.2, -0.15) is 0 Å². The van der Waals surface area contributed by atoms with Crippen LogP contribution in [0.25, 0.3) is 0 Å². The zero-order chi connectivity index (χ0) is 11.5. The van der Waals surface area contributed by atoms with E-state index in [9.17, 15) is 9.90 Å². The Kier molecular flexibility index (Phi) is 5.61. The number of aliphatic hydroxyl groups is 1. The Hall–Kier alpha value is -0.940. The third-order valence-electron chi connectivity index (χ3n) is 2.43. The molecule has 3 N–H and O–H groups in total. The van der Waals surface area contributed by atoms with Gasteiger partial charge in [0.25, 0.3) is 0 Å². The first-order valence-electron chi connectivity index (χ1n) is 4.62. The summed E-state index contributed by atoms with van der Waals surface area (Å²) in [5, 5.41) is 9.55. The number of ether oxygens (including phenoxy) is 1. The molecule has 0 aliphatic carbocycles. The number of nitrogens with two attached hydrogens (primary N) is 1. The van der Waals surface area contributed by atoms with E-state index in [0.717, 1.165) is 6.29 Å². The van der Waals surface area contributed by atoms with Gasteiger partial charge in [0.1, 0.15) is 6.29 Å². The molecule has 1 rings (SSSR count). The van der Waals surface area contributed by atoms with Gasteiger partial charge in [0.2, 0.25) is 0 Å². The molecular weight excluding hydrogens is 230 g/mol. The van der Waals surface area contributed by atoms with Crippen molar-refractivity contribution in [2.24, 2.45) is 5.73 Å². The van der Waals surface area contributed by atoms with Crippen LogP contribution in [-0.4, -0.2) is 24.6 Å². The lowest BCUT2D eigenvalue weighted by Crippen LogP contribution is -2.48. The number of halogens is 1. The molecule has 0 spiro atoms. The maximum Gasteiger partial charge on any atom is 0.168 e. The SMILES string of the molecule is CO[C@](N)(c1cccc(C=O)c1)[C@@H](C)O.Cl. The first-order chi connectivity index (χ1) is 7.04. The first-order valence-corrected chi connectivity index (χ1v) is 4.62. The van der Waals surface area contributed by atoms with Crippen molar-refractivity contribution < 1.29 is 14.6 Å². The Morgan fingerprint density at radius 2 is 2.19 bits per heavy atom. The topological polar surface area (TPSA) is 72.5 Å². The minimum Gasteiger partial charge on any atom is -0.389 e. The summed E-state index contributed by atoms with van der Waals surface area (Å²) in [6.07, 6.45) is -0.147. The van der Waals surface area contributed by atoms with Crippen molar-refractivity contribution in [2.45, 2.75) is 18.8 Å².